The van der Waals surface area contributed by atoms with Gasteiger partial charge in [0.25, 0.3) is 0 Å². The van der Waals surface area contributed by atoms with Crippen molar-refractivity contribution in [3.05, 3.63) is 82.6 Å². The van der Waals surface area contributed by atoms with E-state index in [-0.39, 0.29) is 0 Å². The predicted molar refractivity (Wildman–Crippen MR) is 111 cm³/mol. The summed E-state index contributed by atoms with van der Waals surface area (Å²) in [6.45, 7) is 1.80. The van der Waals surface area contributed by atoms with Gasteiger partial charge in [0.15, 0.2) is 0 Å². The van der Waals surface area contributed by atoms with Gasteiger partial charge in [0.1, 0.15) is 6.04 Å². The molecule has 29 heavy (non-hydrogen) atoms. The molecule has 2 aromatic carbocycles. The molecule has 0 aliphatic carbocycles. The smallest absolute Gasteiger partial charge is 0.248 e. The molecule has 1 aliphatic heterocycles. The van der Waals surface area contributed by atoms with E-state index < -0.39 is 11.9 Å². The number of allylic oxidation sites excluding steroid dienone is 1. The van der Waals surface area contributed by atoms with E-state index in [4.69, 9.17) is 11.0 Å². The lowest BCUT2D eigenvalue weighted by Crippen LogP contribution is -2.31. The zero-order valence-corrected chi connectivity index (χ0v) is 16.5. The maximum Gasteiger partial charge on any atom is 0.248 e. The number of thioether (sulfide) groups is 1. The highest BCUT2D eigenvalue weighted by Gasteiger charge is 2.33. The van der Waals surface area contributed by atoms with Crippen LogP contribution >= 0.6 is 11.8 Å². The summed E-state index contributed by atoms with van der Waals surface area (Å²) in [5.74, 6) is 0.766. The maximum absolute atomic E-state index is 12.2. The molecule has 8 heteroatoms. The zero-order chi connectivity index (χ0) is 20.4. The number of primary amides is 1. The molecular weight excluding hydrogens is 384 g/mol. The monoisotopic (exact) mass is 402 g/mol. The number of benzene rings is 2. The third kappa shape index (κ3) is 3.73. The fraction of sp³-hybridized carbons (Fsp3) is 0.143. The second kappa shape index (κ2) is 7.81. The van der Waals surface area contributed by atoms with Crippen LogP contribution in [0, 0.1) is 11.3 Å². The number of carbonyl (C=O) groups excluding carboxylic acids is 1. The summed E-state index contributed by atoms with van der Waals surface area (Å²) < 4.78 is 1.68. The molecular formula is C21H18N6OS. The highest BCUT2D eigenvalue weighted by molar-refractivity contribution is 7.98. The number of amides is 1. The third-order valence-electron chi connectivity index (χ3n) is 4.66. The topological polar surface area (TPSA) is 110 Å². The van der Waals surface area contributed by atoms with Crippen LogP contribution in [0.25, 0.3) is 0 Å². The molecule has 0 fully saturated rings. The summed E-state index contributed by atoms with van der Waals surface area (Å²) in [5, 5.41) is 17.4. The quantitative estimate of drug-likeness (QED) is 0.634. The van der Waals surface area contributed by atoms with Gasteiger partial charge in [-0.3, -0.25) is 4.79 Å². The van der Waals surface area contributed by atoms with Crippen molar-refractivity contribution in [3.63, 3.8) is 0 Å². The Bertz CT molecular complexity index is 1130. The van der Waals surface area contributed by atoms with Crippen molar-refractivity contribution in [1.82, 2.24) is 14.8 Å². The van der Waals surface area contributed by atoms with Crippen molar-refractivity contribution in [2.75, 3.05) is 5.32 Å². The molecule has 3 aromatic rings. The molecule has 7 nitrogen and oxygen atoms in total. The number of anilines is 1. The Kier molecular flexibility index (Phi) is 5.06. The fourth-order valence-electron chi connectivity index (χ4n) is 3.28. The maximum atomic E-state index is 12.2. The molecule has 0 saturated carbocycles. The van der Waals surface area contributed by atoms with Crippen LogP contribution in [-0.4, -0.2) is 20.7 Å². The molecule has 1 amide bonds. The van der Waals surface area contributed by atoms with E-state index in [0.717, 1.165) is 11.3 Å². The Labute approximate surface area is 172 Å². The molecule has 2 heterocycles. The zero-order valence-electron chi connectivity index (χ0n) is 15.7. The van der Waals surface area contributed by atoms with Crippen LogP contribution in [-0.2, 0) is 10.5 Å². The van der Waals surface area contributed by atoms with Crippen molar-refractivity contribution < 1.29 is 4.79 Å². The predicted octanol–water partition coefficient (Wildman–Crippen LogP) is 3.22. The van der Waals surface area contributed by atoms with Gasteiger partial charge in [-0.25, -0.2) is 4.68 Å². The van der Waals surface area contributed by atoms with Crippen molar-refractivity contribution >= 4 is 23.6 Å². The van der Waals surface area contributed by atoms with Gasteiger partial charge in [-0.1, -0.05) is 54.2 Å². The van der Waals surface area contributed by atoms with E-state index in [1.54, 1.807) is 23.7 Å². The van der Waals surface area contributed by atoms with Crippen LogP contribution < -0.4 is 11.1 Å². The minimum atomic E-state index is -0.524. The first-order valence-electron chi connectivity index (χ1n) is 8.97. The van der Waals surface area contributed by atoms with Gasteiger partial charge in [-0.05, 0) is 30.2 Å². The first-order chi connectivity index (χ1) is 14.1. The lowest BCUT2D eigenvalue weighted by atomic mass is 9.95. The third-order valence-corrected chi connectivity index (χ3v) is 5.57. The Balaban J connectivity index is 1.70. The Morgan fingerprint density at radius 2 is 1.97 bits per heavy atom. The lowest BCUT2D eigenvalue weighted by Gasteiger charge is -2.27. The average Bonchev–Trinajstić information content (AvgIpc) is 3.14. The number of nitrogens with zero attached hydrogens (tertiary/aromatic N) is 4. The number of carbonyl (C=O) groups is 1. The largest absolute Gasteiger partial charge is 0.366 e. The van der Waals surface area contributed by atoms with Crippen LogP contribution in [0.2, 0.25) is 0 Å². The molecule has 0 saturated heterocycles. The van der Waals surface area contributed by atoms with E-state index in [1.165, 1.54) is 17.3 Å². The number of nitrogens with two attached hydrogens (primary N) is 1. The average molecular weight is 402 g/mol. The van der Waals surface area contributed by atoms with Gasteiger partial charge in [0.2, 0.25) is 17.0 Å². The highest BCUT2D eigenvalue weighted by atomic mass is 32.2. The summed E-state index contributed by atoms with van der Waals surface area (Å²) >= 11 is 1.52. The SMILES string of the molecule is CC1=C(C(N)=O)C(c2ccc(C#N)cc2)n2nc(SCc3ccccc3)nc2N1. The van der Waals surface area contributed by atoms with E-state index in [1.807, 2.05) is 30.3 Å². The molecule has 0 bridgehead atoms. The molecule has 0 radical (unpaired) electrons. The first-order valence-corrected chi connectivity index (χ1v) is 9.96. The second-order valence-electron chi connectivity index (χ2n) is 6.60. The standard InChI is InChI=1S/C21H18N6OS/c1-13-17(19(23)28)18(16-9-7-14(11-22)8-10-16)27-20(24-13)25-21(26-27)29-12-15-5-3-2-4-6-15/h2-10,18H,12H2,1H3,(H2,23,28)(H,24,25,26). The molecule has 144 valence electrons. The molecule has 3 N–H and O–H groups in total. The molecule has 1 unspecified atom stereocenters. The van der Waals surface area contributed by atoms with Crippen molar-refractivity contribution in [2.45, 2.75) is 23.9 Å². The Morgan fingerprint density at radius 1 is 1.24 bits per heavy atom. The van der Waals surface area contributed by atoms with Crippen LogP contribution in [0.4, 0.5) is 5.95 Å². The lowest BCUT2D eigenvalue weighted by molar-refractivity contribution is -0.115. The van der Waals surface area contributed by atoms with Gasteiger partial charge in [-0.15, -0.1) is 5.10 Å². The summed E-state index contributed by atoms with van der Waals surface area (Å²) in [4.78, 5) is 16.8. The van der Waals surface area contributed by atoms with Gasteiger partial charge in [0, 0.05) is 11.4 Å². The number of nitriles is 1. The van der Waals surface area contributed by atoms with Crippen LogP contribution in [0.5, 0.6) is 0 Å². The van der Waals surface area contributed by atoms with Gasteiger partial charge in [0.05, 0.1) is 17.2 Å². The second-order valence-corrected chi connectivity index (χ2v) is 7.54. The minimum absolute atomic E-state index is 0.423. The van der Waals surface area contributed by atoms with E-state index >= 15 is 0 Å². The van der Waals surface area contributed by atoms with Crippen LogP contribution in [0.15, 0.2) is 71.0 Å². The highest BCUT2D eigenvalue weighted by Crippen LogP contribution is 2.36. The number of rotatable bonds is 5. The number of nitrogens with one attached hydrogen (secondary N) is 1. The number of hydrogen-bond acceptors (Lipinski definition) is 6. The normalized spacial score (nSPS) is 15.4. The van der Waals surface area contributed by atoms with Crippen molar-refractivity contribution in [2.24, 2.45) is 5.73 Å². The molecule has 0 spiro atoms. The van der Waals surface area contributed by atoms with E-state index in [9.17, 15) is 4.79 Å². The Hall–Kier alpha value is -3.57. The summed E-state index contributed by atoms with van der Waals surface area (Å²) in [5.41, 5.74) is 9.28. The number of hydrogen-bond donors (Lipinski definition) is 2. The fourth-order valence-corrected chi connectivity index (χ4v) is 4.07. The first kappa shape index (κ1) is 18.8. The summed E-state index contributed by atoms with van der Waals surface area (Å²) in [6, 6.07) is 18.7. The van der Waals surface area contributed by atoms with Gasteiger partial charge < -0.3 is 11.1 Å². The van der Waals surface area contributed by atoms with Gasteiger partial charge in [-0.2, -0.15) is 10.2 Å². The van der Waals surface area contributed by atoms with Gasteiger partial charge >= 0.3 is 0 Å². The number of fused-ring (bicyclic) bond motifs is 1. The van der Waals surface area contributed by atoms with E-state index in [0.29, 0.717) is 27.9 Å². The molecule has 4 rings (SSSR count). The summed E-state index contributed by atoms with van der Waals surface area (Å²) in [7, 11) is 0. The van der Waals surface area contributed by atoms with Crippen molar-refractivity contribution in [3.8, 4) is 6.07 Å². The molecule has 1 aliphatic rings. The minimum Gasteiger partial charge on any atom is -0.366 e. The van der Waals surface area contributed by atoms with E-state index in [2.05, 4.69) is 33.6 Å². The Morgan fingerprint density at radius 3 is 2.62 bits per heavy atom. The van der Waals surface area contributed by atoms with Crippen LogP contribution in [0.1, 0.15) is 29.7 Å². The molecule has 1 aromatic heterocycles. The number of aromatic nitrogens is 3. The summed E-state index contributed by atoms with van der Waals surface area (Å²) in [6.07, 6.45) is 0. The van der Waals surface area contributed by atoms with Crippen LogP contribution in [0.3, 0.4) is 0 Å². The van der Waals surface area contributed by atoms with Crippen molar-refractivity contribution in [1.29, 1.82) is 5.26 Å². The molecule has 1 atom stereocenters.